The van der Waals surface area contributed by atoms with Crippen LogP contribution in [0.1, 0.15) is 37.3 Å². The predicted molar refractivity (Wildman–Crippen MR) is 132 cm³/mol. The fraction of sp³-hybridized carbons (Fsp3) is 0.250. The largest absolute Gasteiger partial charge is 0.383 e. The van der Waals surface area contributed by atoms with E-state index in [0.717, 1.165) is 69.1 Å². The van der Waals surface area contributed by atoms with E-state index in [1.807, 2.05) is 30.5 Å². The molecule has 1 saturated carbocycles. The maximum absolute atomic E-state index is 8.98. The molecule has 0 unspecified atom stereocenters. The predicted octanol–water partition coefficient (Wildman–Crippen LogP) is 5.20. The summed E-state index contributed by atoms with van der Waals surface area (Å²) in [4.78, 5) is 14.2. The first-order chi connectivity index (χ1) is 16.6. The third kappa shape index (κ3) is 3.54. The lowest BCUT2D eigenvalue weighted by Gasteiger charge is -2.27. The summed E-state index contributed by atoms with van der Waals surface area (Å²) in [5, 5.41) is 21.6. The monoisotopic (exact) mass is 519 g/mol. The van der Waals surface area contributed by atoms with Crippen molar-refractivity contribution in [3.05, 3.63) is 59.1 Å². The van der Waals surface area contributed by atoms with Crippen molar-refractivity contribution in [2.45, 2.75) is 37.7 Å². The number of hydrogen-bond donors (Lipinski definition) is 3. The summed E-state index contributed by atoms with van der Waals surface area (Å²) >= 11 is 3.64. The molecule has 1 aliphatic carbocycles. The van der Waals surface area contributed by atoms with Gasteiger partial charge >= 0.3 is 0 Å². The number of pyridine rings is 1. The number of anilines is 1. The quantitative estimate of drug-likeness (QED) is 0.220. The molecule has 5 aromatic rings. The summed E-state index contributed by atoms with van der Waals surface area (Å²) in [6.45, 7) is 0. The van der Waals surface area contributed by atoms with Crippen molar-refractivity contribution in [3.8, 4) is 22.4 Å². The van der Waals surface area contributed by atoms with E-state index in [0.29, 0.717) is 11.5 Å². The van der Waals surface area contributed by atoms with Gasteiger partial charge in [-0.05, 0) is 59.8 Å². The molecule has 1 aromatic carbocycles. The molecule has 0 amide bonds. The standard InChI is InChI=1S/C24H22BrN7O2/c25-21-22(13-1-5-17(34-33)6-2-13)30-24-18(12-29-32(24)23(21)26)15-4-7-19(27-10-15)14-3-8-20-16(9-14)11-28-31-20/h3-4,7-13,17,33H,1-2,5-6,26H2,(H,28,31). The number of nitrogen functional groups attached to an aromatic ring is 1. The molecule has 1 fully saturated rings. The van der Waals surface area contributed by atoms with Crippen molar-refractivity contribution in [3.63, 3.8) is 0 Å². The van der Waals surface area contributed by atoms with Crippen molar-refractivity contribution < 1.29 is 10.1 Å². The number of halogens is 1. The van der Waals surface area contributed by atoms with E-state index in [4.69, 9.17) is 21.0 Å². The first kappa shape index (κ1) is 21.2. The van der Waals surface area contributed by atoms with Crippen LogP contribution in [0.2, 0.25) is 0 Å². The van der Waals surface area contributed by atoms with Gasteiger partial charge in [-0.25, -0.2) is 9.87 Å². The van der Waals surface area contributed by atoms with Gasteiger partial charge < -0.3 is 5.73 Å². The molecular weight excluding hydrogens is 498 g/mol. The first-order valence-electron chi connectivity index (χ1n) is 11.1. The average Bonchev–Trinajstić information content (AvgIpc) is 3.53. The molecule has 0 spiro atoms. The van der Waals surface area contributed by atoms with Gasteiger partial charge in [-0.2, -0.15) is 14.7 Å². The number of aromatic amines is 1. The molecule has 1 aliphatic rings. The lowest BCUT2D eigenvalue weighted by Crippen LogP contribution is -2.21. The van der Waals surface area contributed by atoms with E-state index in [-0.39, 0.29) is 12.0 Å². The van der Waals surface area contributed by atoms with Crippen molar-refractivity contribution in [2.24, 2.45) is 0 Å². The zero-order valence-electron chi connectivity index (χ0n) is 18.1. The van der Waals surface area contributed by atoms with Gasteiger partial charge in [0, 0.05) is 34.2 Å². The Kier molecular flexibility index (Phi) is 5.28. The van der Waals surface area contributed by atoms with Crippen molar-refractivity contribution in [1.29, 1.82) is 0 Å². The van der Waals surface area contributed by atoms with Gasteiger partial charge in [0.25, 0.3) is 0 Å². The molecule has 4 N–H and O–H groups in total. The zero-order valence-corrected chi connectivity index (χ0v) is 19.7. The number of rotatable bonds is 4. The number of hydrogen-bond acceptors (Lipinski definition) is 7. The highest BCUT2D eigenvalue weighted by Gasteiger charge is 2.28. The number of nitrogens with one attached hydrogen (secondary N) is 1. The third-order valence-electron chi connectivity index (χ3n) is 6.67. The number of benzene rings is 1. The summed E-state index contributed by atoms with van der Waals surface area (Å²) in [6.07, 6.45) is 8.61. The van der Waals surface area contributed by atoms with E-state index in [1.54, 1.807) is 16.9 Å². The minimum absolute atomic E-state index is 0.111. The number of nitrogens with zero attached hydrogens (tertiary/aromatic N) is 5. The van der Waals surface area contributed by atoms with Gasteiger partial charge in [-0.15, -0.1) is 0 Å². The molecule has 9 nitrogen and oxygen atoms in total. The molecule has 10 heteroatoms. The zero-order chi connectivity index (χ0) is 23.2. The van der Waals surface area contributed by atoms with E-state index in [9.17, 15) is 0 Å². The van der Waals surface area contributed by atoms with Crippen LogP contribution in [0.4, 0.5) is 5.82 Å². The van der Waals surface area contributed by atoms with Crippen LogP contribution in [0, 0.1) is 0 Å². The Morgan fingerprint density at radius 3 is 2.65 bits per heavy atom. The van der Waals surface area contributed by atoms with Crippen molar-refractivity contribution in [2.75, 3.05) is 5.73 Å². The topological polar surface area (TPSA) is 127 Å². The minimum atomic E-state index is -0.111. The normalized spacial score (nSPS) is 18.6. The molecule has 4 heterocycles. The smallest absolute Gasteiger partial charge is 0.165 e. The molecule has 0 bridgehead atoms. The Labute approximate surface area is 203 Å². The van der Waals surface area contributed by atoms with Crippen LogP contribution in [-0.2, 0) is 4.89 Å². The Balaban J connectivity index is 1.36. The lowest BCUT2D eigenvalue weighted by molar-refractivity contribution is -0.284. The summed E-state index contributed by atoms with van der Waals surface area (Å²) in [6, 6.07) is 10.1. The van der Waals surface area contributed by atoms with Crippen LogP contribution < -0.4 is 5.73 Å². The van der Waals surface area contributed by atoms with Gasteiger partial charge in [-0.3, -0.25) is 15.3 Å². The van der Waals surface area contributed by atoms with Gasteiger partial charge in [0.2, 0.25) is 0 Å². The Morgan fingerprint density at radius 2 is 1.88 bits per heavy atom. The van der Waals surface area contributed by atoms with Crippen molar-refractivity contribution in [1.82, 2.24) is 29.8 Å². The maximum Gasteiger partial charge on any atom is 0.165 e. The molecule has 0 atom stereocenters. The summed E-state index contributed by atoms with van der Waals surface area (Å²) < 4.78 is 2.43. The molecule has 0 radical (unpaired) electrons. The van der Waals surface area contributed by atoms with Crippen molar-refractivity contribution >= 4 is 38.3 Å². The van der Waals surface area contributed by atoms with E-state index < -0.39 is 0 Å². The van der Waals surface area contributed by atoms with Gasteiger partial charge in [0.15, 0.2) is 5.65 Å². The third-order valence-corrected chi connectivity index (χ3v) is 7.48. The fourth-order valence-electron chi connectivity index (χ4n) is 4.76. The van der Waals surface area contributed by atoms with Gasteiger partial charge in [-0.1, -0.05) is 12.1 Å². The molecule has 34 heavy (non-hydrogen) atoms. The van der Waals surface area contributed by atoms with Crippen LogP contribution in [0.25, 0.3) is 38.9 Å². The van der Waals surface area contributed by atoms with Gasteiger partial charge in [0.05, 0.1) is 39.9 Å². The summed E-state index contributed by atoms with van der Waals surface area (Å²) in [7, 11) is 0. The number of nitrogens with two attached hydrogens (primary N) is 1. The Morgan fingerprint density at radius 1 is 1.06 bits per heavy atom. The minimum Gasteiger partial charge on any atom is -0.383 e. The second kappa shape index (κ2) is 8.46. The summed E-state index contributed by atoms with van der Waals surface area (Å²) in [5.74, 6) is 0.749. The molecule has 172 valence electrons. The molecule has 4 aromatic heterocycles. The first-order valence-corrected chi connectivity index (χ1v) is 11.9. The van der Waals surface area contributed by atoms with Gasteiger partial charge in [0.1, 0.15) is 5.82 Å². The Bertz CT molecular complexity index is 1490. The number of aromatic nitrogens is 6. The fourth-order valence-corrected chi connectivity index (χ4v) is 5.34. The summed E-state index contributed by atoms with van der Waals surface area (Å²) in [5.41, 5.74) is 12.7. The molecule has 0 aliphatic heterocycles. The van der Waals surface area contributed by atoms with E-state index in [1.165, 1.54) is 0 Å². The maximum atomic E-state index is 8.98. The SMILES string of the molecule is Nc1c(Br)c(C2CCC(OO)CC2)nc2c(-c3ccc(-c4ccc5[nH]ncc5c4)nc3)cnn12. The van der Waals surface area contributed by atoms with Crippen LogP contribution in [0.15, 0.2) is 53.4 Å². The van der Waals surface area contributed by atoms with Crippen LogP contribution >= 0.6 is 15.9 Å². The van der Waals surface area contributed by atoms with E-state index in [2.05, 4.69) is 42.2 Å². The molecule has 6 rings (SSSR count). The number of H-pyrrole nitrogens is 1. The van der Waals surface area contributed by atoms with Crippen LogP contribution in [0.5, 0.6) is 0 Å². The molecule has 0 saturated heterocycles. The lowest BCUT2D eigenvalue weighted by atomic mass is 9.85. The number of fused-ring (bicyclic) bond motifs is 2. The Hall–Kier alpha value is -3.34. The van der Waals surface area contributed by atoms with Crippen LogP contribution in [-0.4, -0.2) is 41.1 Å². The highest BCUT2D eigenvalue weighted by atomic mass is 79.9. The highest BCUT2D eigenvalue weighted by molar-refractivity contribution is 9.10. The second-order valence-corrected chi connectivity index (χ2v) is 9.47. The highest BCUT2D eigenvalue weighted by Crippen LogP contribution is 2.39. The molecular formula is C24H22BrN7O2. The van der Waals surface area contributed by atoms with E-state index >= 15 is 0 Å². The average molecular weight is 520 g/mol. The second-order valence-electron chi connectivity index (χ2n) is 8.67. The van der Waals surface area contributed by atoms with Crippen LogP contribution in [0.3, 0.4) is 0 Å².